The highest BCUT2D eigenvalue weighted by molar-refractivity contribution is 7.91. The normalized spacial score (nSPS) is 22.6. The summed E-state index contributed by atoms with van der Waals surface area (Å²) in [7, 11) is 0. The number of nitrogens with zero attached hydrogens (tertiary/aromatic N) is 1. The van der Waals surface area contributed by atoms with Crippen molar-refractivity contribution in [1.82, 2.24) is 0 Å². The van der Waals surface area contributed by atoms with E-state index in [-0.39, 0.29) is 4.75 Å². The zero-order valence-electron chi connectivity index (χ0n) is 8.26. The molecule has 0 bridgehead atoms. The van der Waals surface area contributed by atoms with E-state index in [2.05, 4.69) is 4.40 Å². The van der Waals surface area contributed by atoms with Crippen molar-refractivity contribution in [2.45, 2.75) is 45.3 Å². The van der Waals surface area contributed by atoms with Gasteiger partial charge in [-0.1, -0.05) is 4.40 Å². The molecule has 0 N–H and O–H groups in total. The number of hydrogen-bond donors (Lipinski definition) is 0. The Morgan fingerprint density at radius 2 is 1.92 bits per heavy atom. The lowest BCUT2D eigenvalue weighted by Crippen LogP contribution is -2.26. The summed E-state index contributed by atoms with van der Waals surface area (Å²) in [4.78, 5) is 0. The Kier molecular flexibility index (Phi) is 2.84. The van der Waals surface area contributed by atoms with Crippen LogP contribution in [0.1, 0.15) is 40.5 Å². The highest BCUT2D eigenvalue weighted by atomic mass is 32.2. The van der Waals surface area contributed by atoms with Crippen molar-refractivity contribution in [1.29, 1.82) is 0 Å². The third kappa shape index (κ3) is 2.79. The van der Waals surface area contributed by atoms with E-state index in [1.165, 1.54) is 12.8 Å². The molecule has 0 unspecified atom stereocenters. The molecular formula is C9H17NOS. The molecule has 3 heteroatoms. The second-order valence-corrected chi connectivity index (χ2v) is 6.27. The summed E-state index contributed by atoms with van der Waals surface area (Å²) in [6.45, 7) is 7.84. The number of hydrogen-bond acceptors (Lipinski definition) is 2. The van der Waals surface area contributed by atoms with E-state index in [0.717, 1.165) is 5.71 Å². The van der Waals surface area contributed by atoms with Gasteiger partial charge in [0.05, 0.1) is 5.71 Å². The molecule has 0 aromatic heterocycles. The first-order chi connectivity index (χ1) is 5.41. The van der Waals surface area contributed by atoms with E-state index < -0.39 is 11.4 Å². The van der Waals surface area contributed by atoms with Crippen LogP contribution in [0.5, 0.6) is 0 Å². The van der Waals surface area contributed by atoms with E-state index >= 15 is 0 Å². The summed E-state index contributed by atoms with van der Waals surface area (Å²) >= 11 is -1.06. The maximum absolute atomic E-state index is 11.5. The van der Waals surface area contributed by atoms with Gasteiger partial charge in [-0.3, -0.25) is 0 Å². The minimum Gasteiger partial charge on any atom is -0.591 e. The van der Waals surface area contributed by atoms with Gasteiger partial charge in [0.25, 0.3) is 0 Å². The Bertz CT molecular complexity index is 191. The molecule has 0 radical (unpaired) electrons. The van der Waals surface area contributed by atoms with Gasteiger partial charge in [-0.25, -0.2) is 0 Å². The van der Waals surface area contributed by atoms with Gasteiger partial charge in [0.2, 0.25) is 0 Å². The molecule has 0 saturated heterocycles. The van der Waals surface area contributed by atoms with Gasteiger partial charge in [-0.2, -0.15) is 0 Å². The first kappa shape index (κ1) is 10.1. The predicted octanol–water partition coefficient (Wildman–Crippen LogP) is 2.32. The summed E-state index contributed by atoms with van der Waals surface area (Å²) in [5.74, 6) is 0.635. The lowest BCUT2D eigenvalue weighted by atomic mass is 10.3. The molecule has 0 heterocycles. The second-order valence-electron chi connectivity index (χ2n) is 4.37. The average Bonchev–Trinajstić information content (AvgIpc) is 2.65. The zero-order valence-corrected chi connectivity index (χ0v) is 9.07. The lowest BCUT2D eigenvalue weighted by molar-refractivity contribution is 0.561. The Morgan fingerprint density at radius 3 is 2.25 bits per heavy atom. The molecule has 0 aromatic rings. The fourth-order valence-electron chi connectivity index (χ4n) is 0.843. The van der Waals surface area contributed by atoms with E-state index in [1.54, 1.807) is 0 Å². The smallest absolute Gasteiger partial charge is 0.144 e. The summed E-state index contributed by atoms with van der Waals surface area (Å²) in [5, 5.41) is 0. The average molecular weight is 187 g/mol. The van der Waals surface area contributed by atoms with Crippen molar-refractivity contribution >= 4 is 17.1 Å². The van der Waals surface area contributed by atoms with Crippen molar-refractivity contribution in [3.8, 4) is 0 Å². The first-order valence-electron chi connectivity index (χ1n) is 4.38. The van der Waals surface area contributed by atoms with Gasteiger partial charge in [-0.05, 0) is 40.5 Å². The molecule has 2 nitrogen and oxygen atoms in total. The van der Waals surface area contributed by atoms with Gasteiger partial charge in [0, 0.05) is 5.92 Å². The quantitative estimate of drug-likeness (QED) is 0.482. The molecule has 1 fully saturated rings. The van der Waals surface area contributed by atoms with Crippen LogP contribution < -0.4 is 0 Å². The Hall–Kier alpha value is -0.0200. The van der Waals surface area contributed by atoms with Crippen LogP contribution in [0.2, 0.25) is 0 Å². The first-order valence-corrected chi connectivity index (χ1v) is 5.49. The SMILES string of the molecule is CC(=N[S@+]([O-])C(C)(C)C)C1CC1. The lowest BCUT2D eigenvalue weighted by Gasteiger charge is -2.18. The Morgan fingerprint density at radius 1 is 1.42 bits per heavy atom. The molecule has 0 aliphatic heterocycles. The molecule has 1 rings (SSSR count). The topological polar surface area (TPSA) is 35.4 Å². The molecular weight excluding hydrogens is 170 g/mol. The predicted molar refractivity (Wildman–Crippen MR) is 53.7 cm³/mol. The number of rotatable bonds is 2. The molecule has 0 spiro atoms. The maximum atomic E-state index is 11.5. The highest BCUT2D eigenvalue weighted by Gasteiger charge is 2.30. The van der Waals surface area contributed by atoms with Crippen LogP contribution in [-0.4, -0.2) is 15.0 Å². The standard InChI is InChI=1S/C9H17NOS/c1-7(8-5-6-8)10-12(11)9(2,3)4/h8H,5-6H2,1-4H3/t12-/m1/s1. The van der Waals surface area contributed by atoms with Gasteiger partial charge in [0.1, 0.15) is 16.1 Å². The van der Waals surface area contributed by atoms with Crippen LogP contribution in [0.25, 0.3) is 0 Å². The Labute approximate surface area is 77.8 Å². The van der Waals surface area contributed by atoms with Gasteiger partial charge in [-0.15, -0.1) is 0 Å². The van der Waals surface area contributed by atoms with Gasteiger partial charge < -0.3 is 4.55 Å². The minimum absolute atomic E-state index is 0.212. The van der Waals surface area contributed by atoms with Crippen molar-refractivity contribution in [2.75, 3.05) is 0 Å². The maximum Gasteiger partial charge on any atom is 0.144 e. The van der Waals surface area contributed by atoms with E-state index in [1.807, 2.05) is 27.7 Å². The Balaban J connectivity index is 2.53. The monoisotopic (exact) mass is 187 g/mol. The molecule has 1 aliphatic rings. The van der Waals surface area contributed by atoms with Crippen molar-refractivity contribution < 1.29 is 4.55 Å². The minimum atomic E-state index is -1.06. The fourth-order valence-corrected chi connectivity index (χ4v) is 1.53. The molecule has 1 aliphatic carbocycles. The van der Waals surface area contributed by atoms with Crippen molar-refractivity contribution in [2.24, 2.45) is 10.3 Å². The van der Waals surface area contributed by atoms with Gasteiger partial charge >= 0.3 is 0 Å². The molecule has 0 aromatic carbocycles. The van der Waals surface area contributed by atoms with Crippen LogP contribution in [0, 0.1) is 5.92 Å². The van der Waals surface area contributed by atoms with Crippen LogP contribution >= 0.6 is 0 Å². The fraction of sp³-hybridized carbons (Fsp3) is 0.889. The van der Waals surface area contributed by atoms with Crippen LogP contribution in [0.4, 0.5) is 0 Å². The zero-order chi connectivity index (χ0) is 9.35. The molecule has 1 atom stereocenters. The largest absolute Gasteiger partial charge is 0.591 e. The molecule has 12 heavy (non-hydrogen) atoms. The summed E-state index contributed by atoms with van der Waals surface area (Å²) in [5.41, 5.74) is 1.07. The summed E-state index contributed by atoms with van der Waals surface area (Å²) in [6.07, 6.45) is 2.47. The van der Waals surface area contributed by atoms with E-state index in [9.17, 15) is 4.55 Å². The summed E-state index contributed by atoms with van der Waals surface area (Å²) in [6, 6.07) is 0. The summed E-state index contributed by atoms with van der Waals surface area (Å²) < 4.78 is 15.5. The van der Waals surface area contributed by atoms with Crippen LogP contribution in [0.15, 0.2) is 4.40 Å². The van der Waals surface area contributed by atoms with Crippen LogP contribution in [-0.2, 0) is 11.4 Å². The second kappa shape index (κ2) is 3.38. The molecule has 1 saturated carbocycles. The van der Waals surface area contributed by atoms with Crippen LogP contribution in [0.3, 0.4) is 0 Å². The van der Waals surface area contributed by atoms with Gasteiger partial charge in [0.15, 0.2) is 0 Å². The highest BCUT2D eigenvalue weighted by Crippen LogP contribution is 2.31. The third-order valence-corrected chi connectivity index (χ3v) is 3.42. The molecule has 70 valence electrons. The van der Waals surface area contributed by atoms with Crippen molar-refractivity contribution in [3.63, 3.8) is 0 Å². The van der Waals surface area contributed by atoms with E-state index in [4.69, 9.17) is 0 Å². The third-order valence-electron chi connectivity index (χ3n) is 1.92. The van der Waals surface area contributed by atoms with E-state index in [0.29, 0.717) is 5.92 Å². The molecule has 0 amide bonds. The van der Waals surface area contributed by atoms with Crippen molar-refractivity contribution in [3.05, 3.63) is 0 Å².